The molecule has 0 bridgehead atoms. The van der Waals surface area contributed by atoms with E-state index in [4.69, 9.17) is 5.11 Å². The van der Waals surface area contributed by atoms with Crippen molar-refractivity contribution in [2.24, 2.45) is 5.92 Å². The van der Waals surface area contributed by atoms with E-state index in [0.29, 0.717) is 6.54 Å². The van der Waals surface area contributed by atoms with Gasteiger partial charge in [-0.05, 0) is 12.8 Å². The molecule has 2 N–H and O–H groups in total. The summed E-state index contributed by atoms with van der Waals surface area (Å²) >= 11 is 0. The predicted octanol–water partition coefficient (Wildman–Crippen LogP) is -0.349. The van der Waals surface area contributed by atoms with Gasteiger partial charge in [-0.2, -0.15) is 0 Å². The lowest BCUT2D eigenvalue weighted by atomic mass is 9.88. The molecule has 1 aromatic heterocycles. The molecule has 6 heteroatoms. The highest BCUT2D eigenvalue weighted by molar-refractivity contribution is 5.79. The maximum absolute atomic E-state index is 12.6. The maximum Gasteiger partial charge on any atom is 0.226 e. The molecule has 0 radical (unpaired) electrons. The van der Waals surface area contributed by atoms with E-state index in [1.165, 1.54) is 0 Å². The Labute approximate surface area is 118 Å². The number of aliphatic hydroxyl groups is 1. The van der Waals surface area contributed by atoms with Crippen molar-refractivity contribution < 1.29 is 9.90 Å². The molecule has 0 saturated carbocycles. The molecule has 110 valence electrons. The SMILES string of the molecule is O=C(C1CCc2nc[nH]c2C1)N1CCN(CCO)CC1. The van der Waals surface area contributed by atoms with E-state index in [1.54, 1.807) is 6.33 Å². The molecule has 20 heavy (non-hydrogen) atoms. The van der Waals surface area contributed by atoms with Crippen molar-refractivity contribution in [3.8, 4) is 0 Å². The highest BCUT2D eigenvalue weighted by Crippen LogP contribution is 2.24. The van der Waals surface area contributed by atoms with Crippen LogP contribution in [0.1, 0.15) is 17.8 Å². The van der Waals surface area contributed by atoms with Crippen LogP contribution in [-0.4, -0.2) is 70.1 Å². The predicted molar refractivity (Wildman–Crippen MR) is 74.2 cm³/mol. The fourth-order valence-electron chi connectivity index (χ4n) is 3.20. The number of nitrogens with one attached hydrogen (secondary N) is 1. The van der Waals surface area contributed by atoms with Crippen molar-refractivity contribution >= 4 is 5.91 Å². The van der Waals surface area contributed by atoms with E-state index in [0.717, 1.165) is 56.8 Å². The van der Waals surface area contributed by atoms with Gasteiger partial charge in [-0.25, -0.2) is 4.98 Å². The lowest BCUT2D eigenvalue weighted by molar-refractivity contribution is -0.137. The van der Waals surface area contributed by atoms with Crippen LogP contribution in [0.2, 0.25) is 0 Å². The number of carbonyl (C=O) groups is 1. The smallest absolute Gasteiger partial charge is 0.226 e. The minimum Gasteiger partial charge on any atom is -0.395 e. The molecule has 1 fully saturated rings. The quantitative estimate of drug-likeness (QED) is 0.793. The number of aryl methyl sites for hydroxylation is 1. The van der Waals surface area contributed by atoms with Crippen LogP contribution < -0.4 is 0 Å². The van der Waals surface area contributed by atoms with Crippen LogP contribution in [0.25, 0.3) is 0 Å². The fourth-order valence-corrected chi connectivity index (χ4v) is 3.20. The summed E-state index contributed by atoms with van der Waals surface area (Å²) in [5.74, 6) is 0.390. The van der Waals surface area contributed by atoms with Gasteiger partial charge in [0.05, 0.1) is 18.6 Å². The van der Waals surface area contributed by atoms with Gasteiger partial charge in [0.1, 0.15) is 0 Å². The number of imidazole rings is 1. The standard InChI is InChI=1S/C14H22N4O2/c19-8-7-17-3-5-18(6-4-17)14(20)11-1-2-12-13(9-11)16-10-15-12/h10-11,19H,1-9H2,(H,15,16). The second-order valence-electron chi connectivity index (χ2n) is 5.66. The van der Waals surface area contributed by atoms with Gasteiger partial charge in [-0.1, -0.05) is 0 Å². The number of carbonyl (C=O) groups excluding carboxylic acids is 1. The van der Waals surface area contributed by atoms with Gasteiger partial charge in [0, 0.05) is 50.8 Å². The minimum atomic E-state index is 0.104. The van der Waals surface area contributed by atoms with Gasteiger partial charge in [0.25, 0.3) is 0 Å². The monoisotopic (exact) mass is 278 g/mol. The summed E-state index contributed by atoms with van der Waals surface area (Å²) in [5.41, 5.74) is 2.26. The summed E-state index contributed by atoms with van der Waals surface area (Å²) in [6.45, 7) is 4.21. The highest BCUT2D eigenvalue weighted by atomic mass is 16.3. The van der Waals surface area contributed by atoms with Crippen molar-refractivity contribution in [2.45, 2.75) is 19.3 Å². The molecule has 1 saturated heterocycles. The summed E-state index contributed by atoms with van der Waals surface area (Å²) < 4.78 is 0. The number of aromatic nitrogens is 2. The first kappa shape index (κ1) is 13.6. The Morgan fingerprint density at radius 2 is 2.20 bits per heavy atom. The Bertz CT molecular complexity index is 465. The van der Waals surface area contributed by atoms with Crippen molar-refractivity contribution in [1.29, 1.82) is 0 Å². The van der Waals surface area contributed by atoms with Crippen LogP contribution in [0.3, 0.4) is 0 Å². The van der Waals surface area contributed by atoms with E-state index in [2.05, 4.69) is 14.9 Å². The zero-order valence-corrected chi connectivity index (χ0v) is 11.7. The first-order valence-electron chi connectivity index (χ1n) is 7.41. The summed E-state index contributed by atoms with van der Waals surface area (Å²) in [7, 11) is 0. The Morgan fingerprint density at radius 1 is 1.40 bits per heavy atom. The van der Waals surface area contributed by atoms with E-state index in [9.17, 15) is 4.79 Å². The molecular formula is C14H22N4O2. The van der Waals surface area contributed by atoms with E-state index in [1.807, 2.05) is 4.90 Å². The lowest BCUT2D eigenvalue weighted by Gasteiger charge is -2.36. The van der Waals surface area contributed by atoms with Gasteiger partial charge < -0.3 is 15.0 Å². The molecule has 1 aliphatic heterocycles. The number of piperazine rings is 1. The average Bonchev–Trinajstić information content (AvgIpc) is 2.95. The second-order valence-corrected chi connectivity index (χ2v) is 5.66. The zero-order chi connectivity index (χ0) is 13.9. The molecule has 1 aliphatic carbocycles. The van der Waals surface area contributed by atoms with E-state index >= 15 is 0 Å². The third-order valence-electron chi connectivity index (χ3n) is 4.44. The fraction of sp³-hybridized carbons (Fsp3) is 0.714. The van der Waals surface area contributed by atoms with Crippen LogP contribution in [0.4, 0.5) is 0 Å². The molecule has 3 rings (SSSR count). The van der Waals surface area contributed by atoms with Crippen molar-refractivity contribution in [2.75, 3.05) is 39.3 Å². The summed E-state index contributed by atoms with van der Waals surface area (Å²) in [6.07, 6.45) is 4.34. The topological polar surface area (TPSA) is 72.5 Å². The molecule has 2 aliphatic rings. The van der Waals surface area contributed by atoms with Gasteiger partial charge in [-0.15, -0.1) is 0 Å². The van der Waals surface area contributed by atoms with Gasteiger partial charge in [0.2, 0.25) is 5.91 Å². The molecule has 1 unspecified atom stereocenters. The van der Waals surface area contributed by atoms with Gasteiger partial charge in [0.15, 0.2) is 0 Å². The molecule has 0 aromatic carbocycles. The number of aliphatic hydroxyl groups excluding tert-OH is 1. The highest BCUT2D eigenvalue weighted by Gasteiger charge is 2.30. The number of β-amino-alcohol motifs (C(OH)–C–C–N with tert-alkyl or cyclic N) is 1. The largest absolute Gasteiger partial charge is 0.395 e. The lowest BCUT2D eigenvalue weighted by Crippen LogP contribution is -2.51. The summed E-state index contributed by atoms with van der Waals surface area (Å²) in [4.78, 5) is 24.2. The number of H-pyrrole nitrogens is 1. The van der Waals surface area contributed by atoms with Crippen LogP contribution in [0.15, 0.2) is 6.33 Å². The van der Waals surface area contributed by atoms with Crippen molar-refractivity contribution in [3.63, 3.8) is 0 Å². The third-order valence-corrected chi connectivity index (χ3v) is 4.44. The summed E-state index contributed by atoms with van der Waals surface area (Å²) in [5, 5.41) is 8.94. The number of fused-ring (bicyclic) bond motifs is 1. The van der Waals surface area contributed by atoms with Crippen molar-refractivity contribution in [1.82, 2.24) is 19.8 Å². The first-order chi connectivity index (χ1) is 9.78. The molecule has 1 amide bonds. The Balaban J connectivity index is 1.55. The normalized spacial score (nSPS) is 23.6. The Kier molecular flexibility index (Phi) is 4.03. The molecule has 1 atom stereocenters. The maximum atomic E-state index is 12.6. The molecular weight excluding hydrogens is 256 g/mol. The number of nitrogens with zero attached hydrogens (tertiary/aromatic N) is 3. The van der Waals surface area contributed by atoms with Crippen LogP contribution in [-0.2, 0) is 17.6 Å². The molecule has 1 aromatic rings. The summed E-state index contributed by atoms with van der Waals surface area (Å²) in [6, 6.07) is 0. The second kappa shape index (κ2) is 5.93. The average molecular weight is 278 g/mol. The molecule has 2 heterocycles. The Hall–Kier alpha value is -1.40. The first-order valence-corrected chi connectivity index (χ1v) is 7.41. The van der Waals surface area contributed by atoms with E-state index in [-0.39, 0.29) is 18.4 Å². The van der Waals surface area contributed by atoms with Gasteiger partial charge >= 0.3 is 0 Å². The van der Waals surface area contributed by atoms with Crippen LogP contribution in [0, 0.1) is 5.92 Å². The van der Waals surface area contributed by atoms with E-state index < -0.39 is 0 Å². The molecule has 6 nitrogen and oxygen atoms in total. The third kappa shape index (κ3) is 2.71. The van der Waals surface area contributed by atoms with Gasteiger partial charge in [-0.3, -0.25) is 9.69 Å². The van der Waals surface area contributed by atoms with Crippen LogP contribution >= 0.6 is 0 Å². The number of amides is 1. The number of aromatic amines is 1. The van der Waals surface area contributed by atoms with Crippen molar-refractivity contribution in [3.05, 3.63) is 17.7 Å². The Morgan fingerprint density at radius 3 is 2.95 bits per heavy atom. The number of hydrogen-bond acceptors (Lipinski definition) is 4. The zero-order valence-electron chi connectivity index (χ0n) is 11.7. The minimum absolute atomic E-state index is 0.104. The number of rotatable bonds is 3. The van der Waals surface area contributed by atoms with Crippen LogP contribution in [0.5, 0.6) is 0 Å². The molecule has 0 spiro atoms. The number of hydrogen-bond donors (Lipinski definition) is 2.